The first-order valence-electron chi connectivity index (χ1n) is 15.0. The molecule has 47 heavy (non-hydrogen) atoms. The topological polar surface area (TPSA) is 111 Å². The Morgan fingerprint density at radius 3 is 1.98 bits per heavy atom. The van der Waals surface area contributed by atoms with Gasteiger partial charge in [-0.3, -0.25) is 14.7 Å². The second kappa shape index (κ2) is 13.2. The van der Waals surface area contributed by atoms with E-state index in [0.29, 0.717) is 47.5 Å². The van der Waals surface area contributed by atoms with Crippen LogP contribution >= 0.6 is 0 Å². The smallest absolute Gasteiger partial charge is 0.271 e. The molecule has 0 aliphatic rings. The first-order valence-corrected chi connectivity index (χ1v) is 15.0. The Morgan fingerprint density at radius 1 is 0.723 bits per heavy atom. The molecule has 1 N–H and O–H groups in total. The van der Waals surface area contributed by atoms with Crippen LogP contribution in [0.15, 0.2) is 146 Å². The van der Waals surface area contributed by atoms with Crippen LogP contribution in [0.1, 0.15) is 11.1 Å². The van der Waals surface area contributed by atoms with Gasteiger partial charge in [-0.25, -0.2) is 4.98 Å². The van der Waals surface area contributed by atoms with E-state index in [1.807, 2.05) is 91.0 Å². The number of hydrogen-bond donors (Lipinski definition) is 1. The van der Waals surface area contributed by atoms with E-state index in [-0.39, 0.29) is 5.69 Å². The van der Waals surface area contributed by atoms with E-state index < -0.39 is 4.92 Å². The van der Waals surface area contributed by atoms with Crippen LogP contribution < -0.4 is 15.0 Å². The van der Waals surface area contributed by atoms with E-state index in [1.54, 1.807) is 23.0 Å². The van der Waals surface area contributed by atoms with E-state index in [1.165, 1.54) is 12.1 Å². The van der Waals surface area contributed by atoms with Gasteiger partial charge in [-0.05, 0) is 53.6 Å². The number of para-hydroxylation sites is 1. The minimum atomic E-state index is -0.414. The average Bonchev–Trinajstić information content (AvgIpc) is 3.54. The number of nitrogens with one attached hydrogen (secondary N) is 1. The summed E-state index contributed by atoms with van der Waals surface area (Å²) in [4.78, 5) is 28.0. The number of non-ortho nitro benzene ring substituents is 1. The summed E-state index contributed by atoms with van der Waals surface area (Å²) in [6.45, 7) is 1.13. The lowest BCUT2D eigenvalue weighted by Crippen LogP contribution is -2.24. The maximum Gasteiger partial charge on any atom is 0.271 e. The molecule has 0 aliphatic carbocycles. The van der Waals surface area contributed by atoms with Crippen LogP contribution in [-0.4, -0.2) is 24.4 Å². The number of benzene rings is 5. The molecule has 0 unspecified atom stereocenters. The number of nitrogens with zero attached hydrogens (tertiary/aromatic N) is 6. The second-order valence-electron chi connectivity index (χ2n) is 10.8. The molecule has 2 heterocycles. The van der Waals surface area contributed by atoms with Crippen molar-refractivity contribution in [3.63, 3.8) is 0 Å². The van der Waals surface area contributed by atoms with Gasteiger partial charge in [0.25, 0.3) is 5.69 Å². The Morgan fingerprint density at radius 2 is 1.34 bits per heavy atom. The maximum atomic E-state index is 11.6. The van der Waals surface area contributed by atoms with Crippen molar-refractivity contribution in [2.45, 2.75) is 13.1 Å². The summed E-state index contributed by atoms with van der Waals surface area (Å²) in [5.74, 6) is 2.42. The molecule has 230 valence electrons. The number of fused-ring (bicyclic) bond motifs is 1. The molecular weight excluding hydrogens is 590 g/mol. The van der Waals surface area contributed by atoms with Crippen molar-refractivity contribution in [3.05, 3.63) is 167 Å². The monoisotopic (exact) mass is 619 g/mol. The van der Waals surface area contributed by atoms with Crippen LogP contribution in [0.25, 0.3) is 16.9 Å². The van der Waals surface area contributed by atoms with Crippen molar-refractivity contribution in [2.24, 2.45) is 0 Å². The first-order chi connectivity index (χ1) is 23.1. The minimum absolute atomic E-state index is 0.0235. The largest absolute Gasteiger partial charge is 0.457 e. The number of ether oxygens (including phenoxy) is 1. The second-order valence-corrected chi connectivity index (χ2v) is 10.8. The van der Waals surface area contributed by atoms with E-state index in [2.05, 4.69) is 34.5 Å². The summed E-state index contributed by atoms with van der Waals surface area (Å²) in [5.41, 5.74) is 4.60. The third kappa shape index (κ3) is 6.76. The Bertz CT molecular complexity index is 2080. The summed E-state index contributed by atoms with van der Waals surface area (Å²) in [5, 5.41) is 14.9. The van der Waals surface area contributed by atoms with E-state index >= 15 is 0 Å². The van der Waals surface area contributed by atoms with Crippen LogP contribution in [0.5, 0.6) is 11.5 Å². The number of aromatic nitrogens is 4. The van der Waals surface area contributed by atoms with Gasteiger partial charge in [0, 0.05) is 30.9 Å². The molecule has 0 aliphatic heterocycles. The van der Waals surface area contributed by atoms with Crippen molar-refractivity contribution >= 4 is 34.3 Å². The molecule has 2 aromatic heterocycles. The normalized spacial score (nSPS) is 10.9. The lowest BCUT2D eigenvalue weighted by atomic mass is 10.1. The summed E-state index contributed by atoms with van der Waals surface area (Å²) >= 11 is 0. The van der Waals surface area contributed by atoms with Crippen molar-refractivity contribution in [1.29, 1.82) is 0 Å². The van der Waals surface area contributed by atoms with Crippen molar-refractivity contribution in [3.8, 4) is 17.2 Å². The zero-order valence-electron chi connectivity index (χ0n) is 25.2. The lowest BCUT2D eigenvalue weighted by Gasteiger charge is -2.25. The van der Waals surface area contributed by atoms with Gasteiger partial charge in [-0.2, -0.15) is 9.97 Å². The Labute approximate surface area is 270 Å². The van der Waals surface area contributed by atoms with Crippen LogP contribution in [-0.2, 0) is 13.1 Å². The minimum Gasteiger partial charge on any atom is -0.457 e. The van der Waals surface area contributed by atoms with Crippen LogP contribution in [0.2, 0.25) is 0 Å². The SMILES string of the molecule is O=[N+]([O-])c1cccc(-n2cnc3c(N(Cc4ccccc4)Cc4ccccc4)nc(Nc4ccc(Oc5ccccc5)cc4)nc32)c1. The molecule has 7 rings (SSSR count). The fourth-order valence-electron chi connectivity index (χ4n) is 5.28. The number of nitro groups is 1. The summed E-state index contributed by atoms with van der Waals surface area (Å²) < 4.78 is 7.71. The highest BCUT2D eigenvalue weighted by molar-refractivity contribution is 5.86. The Hall–Kier alpha value is -6.55. The predicted octanol–water partition coefficient (Wildman–Crippen LogP) is 8.47. The van der Waals surface area contributed by atoms with Gasteiger partial charge in [0.15, 0.2) is 17.0 Å². The summed E-state index contributed by atoms with van der Waals surface area (Å²) in [7, 11) is 0. The highest BCUT2D eigenvalue weighted by atomic mass is 16.6. The zero-order chi connectivity index (χ0) is 32.0. The average molecular weight is 620 g/mol. The van der Waals surface area contributed by atoms with E-state index in [4.69, 9.17) is 19.7 Å². The van der Waals surface area contributed by atoms with E-state index in [9.17, 15) is 10.1 Å². The number of rotatable bonds is 11. The quantitative estimate of drug-likeness (QED) is 0.113. The highest BCUT2D eigenvalue weighted by Gasteiger charge is 2.21. The van der Waals surface area contributed by atoms with Crippen molar-refractivity contribution in [2.75, 3.05) is 10.2 Å². The molecule has 0 saturated carbocycles. The molecule has 0 spiro atoms. The third-order valence-electron chi connectivity index (χ3n) is 7.52. The van der Waals surface area contributed by atoms with Gasteiger partial charge in [0.2, 0.25) is 5.95 Å². The van der Waals surface area contributed by atoms with Crippen molar-refractivity contribution in [1.82, 2.24) is 19.5 Å². The van der Waals surface area contributed by atoms with Gasteiger partial charge in [-0.15, -0.1) is 0 Å². The molecule has 0 atom stereocenters. The molecule has 0 fully saturated rings. The highest BCUT2D eigenvalue weighted by Crippen LogP contribution is 2.31. The third-order valence-corrected chi connectivity index (χ3v) is 7.52. The fraction of sp³-hybridized carbons (Fsp3) is 0.0541. The molecule has 0 bridgehead atoms. The van der Waals surface area contributed by atoms with Crippen molar-refractivity contribution < 1.29 is 9.66 Å². The van der Waals surface area contributed by atoms with Crippen LogP contribution in [0, 0.1) is 10.1 Å². The standard InChI is InChI=1S/C37H29N7O3/c45-44(46)31-16-10-15-30(23-31)43-26-38-34-35(42(24-27-11-4-1-5-12-27)25-28-13-6-2-7-14-28)40-37(41-36(34)43)39-29-19-21-33(22-20-29)47-32-17-8-3-9-18-32/h1-23,26H,24-25H2,(H,39,40,41). The van der Waals surface area contributed by atoms with Crippen LogP contribution in [0.4, 0.5) is 23.1 Å². The molecule has 7 aromatic rings. The molecule has 0 saturated heterocycles. The molecule has 0 amide bonds. The van der Waals surface area contributed by atoms with Gasteiger partial charge in [0.05, 0.1) is 10.6 Å². The Balaban J connectivity index is 1.31. The number of hydrogen-bond acceptors (Lipinski definition) is 8. The van der Waals surface area contributed by atoms with Gasteiger partial charge >= 0.3 is 0 Å². The van der Waals surface area contributed by atoms with Crippen LogP contribution in [0.3, 0.4) is 0 Å². The van der Waals surface area contributed by atoms with E-state index in [0.717, 1.165) is 22.6 Å². The maximum absolute atomic E-state index is 11.6. The zero-order valence-corrected chi connectivity index (χ0v) is 25.2. The first kappa shape index (κ1) is 29.2. The van der Waals surface area contributed by atoms with Gasteiger partial charge in [-0.1, -0.05) is 84.9 Å². The number of nitro benzene ring substituents is 1. The lowest BCUT2D eigenvalue weighted by molar-refractivity contribution is -0.384. The number of imidazole rings is 1. The predicted molar refractivity (Wildman–Crippen MR) is 182 cm³/mol. The molecule has 10 nitrogen and oxygen atoms in total. The number of anilines is 3. The fourth-order valence-corrected chi connectivity index (χ4v) is 5.28. The molecule has 5 aromatic carbocycles. The van der Waals surface area contributed by atoms with Gasteiger partial charge < -0.3 is 15.0 Å². The molecule has 0 radical (unpaired) electrons. The molecule has 10 heteroatoms. The molecular formula is C37H29N7O3. The summed E-state index contributed by atoms with van der Waals surface area (Å²) in [6, 6.07) is 43.9. The van der Waals surface area contributed by atoms with Gasteiger partial charge in [0.1, 0.15) is 17.8 Å². The Kier molecular flexibility index (Phi) is 8.20. The summed E-state index contributed by atoms with van der Waals surface area (Å²) in [6.07, 6.45) is 1.63.